The van der Waals surface area contributed by atoms with E-state index in [1.807, 2.05) is 0 Å². The van der Waals surface area contributed by atoms with Crippen LogP contribution in [0.25, 0.3) is 34.4 Å². The van der Waals surface area contributed by atoms with E-state index in [2.05, 4.69) is 137 Å². The van der Waals surface area contributed by atoms with Crippen molar-refractivity contribution in [2.24, 2.45) is 11.8 Å². The molecule has 3 heteroatoms. The van der Waals surface area contributed by atoms with E-state index in [1.165, 1.54) is 41.7 Å². The summed E-state index contributed by atoms with van der Waals surface area (Å²) in [7, 11) is 0. The minimum absolute atomic E-state index is 0. The molecular weight excluding hydrogens is 706 g/mol. The molecule has 210 valence electrons. The third kappa shape index (κ3) is 4.97. The van der Waals surface area contributed by atoms with E-state index in [1.54, 1.807) is 22.3 Å². The molecular formula is C38H40Cl2Hf. The Morgan fingerprint density at radius 2 is 0.902 bits per heavy atom. The minimum atomic E-state index is -2.91. The fraction of sp³-hybridized carbons (Fsp3) is 0.263. The monoisotopic (exact) mass is 746 g/mol. The summed E-state index contributed by atoms with van der Waals surface area (Å²) in [6.07, 6.45) is 5.25. The molecule has 0 nitrogen and oxygen atoms in total. The zero-order valence-corrected chi connectivity index (χ0v) is 29.7. The van der Waals surface area contributed by atoms with E-state index in [9.17, 15) is 0 Å². The van der Waals surface area contributed by atoms with Gasteiger partial charge in [0, 0.05) is 0 Å². The second-order valence-corrected chi connectivity index (χ2v) is 29.1. The summed E-state index contributed by atoms with van der Waals surface area (Å²) in [5.41, 5.74) is 15.3. The van der Waals surface area contributed by atoms with Gasteiger partial charge in [0.1, 0.15) is 0 Å². The molecule has 41 heavy (non-hydrogen) atoms. The van der Waals surface area contributed by atoms with Gasteiger partial charge in [-0.2, -0.15) is 0 Å². The zero-order valence-electron chi connectivity index (χ0n) is 24.4. The van der Waals surface area contributed by atoms with Gasteiger partial charge >= 0.3 is 240 Å². The second kappa shape index (κ2) is 11.8. The molecule has 4 aromatic rings. The van der Waals surface area contributed by atoms with Gasteiger partial charge in [0.25, 0.3) is 0 Å². The van der Waals surface area contributed by atoms with Crippen LogP contribution >= 0.6 is 24.8 Å². The van der Waals surface area contributed by atoms with Crippen LogP contribution in [0.1, 0.15) is 57.3 Å². The Hall–Kier alpha value is -2.19. The maximum Gasteiger partial charge on any atom is -0.147 e. The Balaban J connectivity index is 0.00000169. The molecule has 7 rings (SSSR count). The molecule has 0 spiro atoms. The van der Waals surface area contributed by atoms with E-state index in [-0.39, 0.29) is 24.8 Å². The molecule has 0 saturated carbocycles. The molecule has 0 amide bonds. The van der Waals surface area contributed by atoms with E-state index < -0.39 is 20.0 Å². The summed E-state index contributed by atoms with van der Waals surface area (Å²) in [6, 6.07) is 36.4. The molecule has 4 aromatic carbocycles. The molecule has 0 N–H and O–H groups in total. The first kappa shape index (κ1) is 30.3. The minimum Gasteiger partial charge on any atom is -0.147 e. The number of hydrogen-bond donors (Lipinski definition) is 0. The molecule has 0 aromatic heterocycles. The summed E-state index contributed by atoms with van der Waals surface area (Å²) >= 11 is -2.91. The number of halogens is 2. The van der Waals surface area contributed by atoms with E-state index >= 15 is 0 Å². The van der Waals surface area contributed by atoms with Crippen molar-refractivity contribution in [3.05, 3.63) is 130 Å². The number of allylic oxidation sites excluding steroid dienone is 2. The van der Waals surface area contributed by atoms with E-state index in [0.29, 0.717) is 19.2 Å². The molecule has 2 unspecified atom stereocenters. The molecule has 3 aliphatic rings. The fourth-order valence-electron chi connectivity index (χ4n) is 7.76. The van der Waals surface area contributed by atoms with Crippen LogP contribution in [0.5, 0.6) is 0 Å². The molecule has 2 aliphatic carbocycles. The smallest absolute Gasteiger partial charge is 0.147 e. The van der Waals surface area contributed by atoms with Gasteiger partial charge in [-0.3, -0.25) is 0 Å². The summed E-state index contributed by atoms with van der Waals surface area (Å²) in [5, 5.41) is 0. The third-order valence-corrected chi connectivity index (χ3v) is 28.5. The molecule has 1 heterocycles. The van der Waals surface area contributed by atoms with Crippen LogP contribution in [-0.2, 0) is 20.0 Å². The fourth-order valence-corrected chi connectivity index (χ4v) is 36.7. The maximum absolute atomic E-state index is 2.91. The average molecular weight is 746 g/mol. The predicted molar refractivity (Wildman–Crippen MR) is 179 cm³/mol. The first-order valence-corrected chi connectivity index (χ1v) is 24.0. The van der Waals surface area contributed by atoms with Gasteiger partial charge in [0.05, 0.1) is 0 Å². The average Bonchev–Trinajstić information content (AvgIpc) is 3.47. The van der Waals surface area contributed by atoms with Crippen molar-refractivity contribution < 1.29 is 20.0 Å². The van der Waals surface area contributed by atoms with Crippen LogP contribution in [0.2, 0.25) is 8.35 Å². The van der Waals surface area contributed by atoms with Crippen LogP contribution < -0.4 is 0 Å². The van der Waals surface area contributed by atoms with Gasteiger partial charge in [0.15, 0.2) is 0 Å². The normalized spacial score (nSPS) is 19.6. The third-order valence-electron chi connectivity index (χ3n) is 9.67. The standard InChI is InChI=1S/2C18H17.C2H4.2ClH.Hf/c2*1-13(2)16-11-15-9-6-10-17(18(15)12-16)14-7-4-3-5-8-14;1-2;;;/h2*3-13H,1-2H3;1-2H2;2*1H;. The van der Waals surface area contributed by atoms with Gasteiger partial charge in [-0.15, -0.1) is 24.8 Å². The summed E-state index contributed by atoms with van der Waals surface area (Å²) in [4.78, 5) is 0. The Morgan fingerprint density at radius 1 is 0.512 bits per heavy atom. The first-order chi connectivity index (χ1) is 19.0. The SMILES string of the molecule is CC(C)C1=Cc2c(-c3ccccc3)cccc2[CH]1[Hf]1([CH]2C(C(C)C)=Cc3c(-c4ccccc4)cccc32)[CH2][CH2]1.Cl.Cl. The van der Waals surface area contributed by atoms with Crippen LogP contribution in [0.3, 0.4) is 0 Å². The van der Waals surface area contributed by atoms with Crippen molar-refractivity contribution in [3.8, 4) is 22.3 Å². The molecule has 0 bridgehead atoms. The van der Waals surface area contributed by atoms with Gasteiger partial charge in [-0.05, 0) is 0 Å². The predicted octanol–water partition coefficient (Wildman–Crippen LogP) is 11.8. The Labute approximate surface area is 263 Å². The molecule has 2 atom stereocenters. The summed E-state index contributed by atoms with van der Waals surface area (Å²) in [6.45, 7) is 9.75. The Bertz CT molecular complexity index is 1490. The summed E-state index contributed by atoms with van der Waals surface area (Å²) < 4.78 is 4.41. The summed E-state index contributed by atoms with van der Waals surface area (Å²) in [5.74, 6) is 1.15. The van der Waals surface area contributed by atoms with Crippen molar-refractivity contribution >= 4 is 37.0 Å². The van der Waals surface area contributed by atoms with Crippen molar-refractivity contribution in [3.63, 3.8) is 0 Å². The number of fused-ring (bicyclic) bond motifs is 2. The number of benzene rings is 4. The van der Waals surface area contributed by atoms with Gasteiger partial charge in [-0.25, -0.2) is 0 Å². The van der Waals surface area contributed by atoms with E-state index in [4.69, 9.17) is 0 Å². The van der Waals surface area contributed by atoms with Crippen molar-refractivity contribution in [2.45, 2.75) is 43.4 Å². The molecule has 1 fully saturated rings. The zero-order chi connectivity index (χ0) is 26.7. The molecule has 0 radical (unpaired) electrons. The number of hydrogen-bond acceptors (Lipinski definition) is 0. The molecule has 1 aliphatic heterocycles. The van der Waals surface area contributed by atoms with Crippen LogP contribution in [-0.4, -0.2) is 0 Å². The Morgan fingerprint density at radius 3 is 1.24 bits per heavy atom. The van der Waals surface area contributed by atoms with Gasteiger partial charge in [-0.1, -0.05) is 0 Å². The van der Waals surface area contributed by atoms with E-state index in [0.717, 1.165) is 0 Å². The van der Waals surface area contributed by atoms with Crippen LogP contribution in [0.4, 0.5) is 0 Å². The Kier molecular flexibility index (Phi) is 8.73. The van der Waals surface area contributed by atoms with Crippen LogP contribution in [0.15, 0.2) is 108 Å². The van der Waals surface area contributed by atoms with Crippen LogP contribution in [0, 0.1) is 11.8 Å². The topological polar surface area (TPSA) is 0 Å². The van der Waals surface area contributed by atoms with Crippen molar-refractivity contribution in [1.82, 2.24) is 0 Å². The van der Waals surface area contributed by atoms with Crippen molar-refractivity contribution in [1.29, 1.82) is 0 Å². The second-order valence-electron chi connectivity index (χ2n) is 12.5. The maximum atomic E-state index is 2.63. The number of rotatable bonds is 6. The quantitative estimate of drug-likeness (QED) is 0.172. The van der Waals surface area contributed by atoms with Gasteiger partial charge < -0.3 is 0 Å². The first-order valence-electron chi connectivity index (χ1n) is 14.8. The van der Waals surface area contributed by atoms with Gasteiger partial charge in [0.2, 0.25) is 0 Å². The van der Waals surface area contributed by atoms with Crippen molar-refractivity contribution in [2.75, 3.05) is 0 Å². The molecule has 1 saturated heterocycles. The largest absolute Gasteiger partial charge is 0.147 e.